The first-order chi connectivity index (χ1) is 21.6. The highest BCUT2D eigenvalue weighted by Gasteiger charge is 2.25. The summed E-state index contributed by atoms with van der Waals surface area (Å²) in [4.78, 5) is 43.0. The van der Waals surface area contributed by atoms with Crippen LogP contribution in [0.15, 0.2) is 66.7 Å². The Kier molecular flexibility index (Phi) is 13.4. The number of carbonyl (C=O) groups is 3. The molecular formula is C35H47N5O5. The molecular weight excluding hydrogens is 570 g/mol. The van der Waals surface area contributed by atoms with Crippen molar-refractivity contribution in [1.82, 2.24) is 15.5 Å². The van der Waals surface area contributed by atoms with E-state index in [9.17, 15) is 19.5 Å². The molecule has 0 radical (unpaired) electrons. The molecule has 0 aromatic heterocycles. The molecule has 0 saturated carbocycles. The van der Waals surface area contributed by atoms with E-state index in [-0.39, 0.29) is 29.1 Å². The van der Waals surface area contributed by atoms with Crippen molar-refractivity contribution in [3.63, 3.8) is 0 Å². The molecule has 3 amide bonds. The summed E-state index contributed by atoms with van der Waals surface area (Å²) in [6.07, 6.45) is 0.937. The van der Waals surface area contributed by atoms with Crippen LogP contribution in [-0.4, -0.2) is 80.7 Å². The zero-order chi connectivity index (χ0) is 32.9. The average Bonchev–Trinajstić information content (AvgIpc) is 3.04. The fourth-order valence-electron chi connectivity index (χ4n) is 5.07. The van der Waals surface area contributed by atoms with E-state index >= 15 is 0 Å². The zero-order valence-electron chi connectivity index (χ0n) is 27.0. The van der Waals surface area contributed by atoms with Crippen molar-refractivity contribution in [2.45, 2.75) is 51.8 Å². The molecule has 3 aromatic carbocycles. The van der Waals surface area contributed by atoms with Crippen molar-refractivity contribution in [2.24, 2.45) is 5.73 Å². The second-order valence-corrected chi connectivity index (χ2v) is 11.4. The maximum absolute atomic E-state index is 13.7. The Morgan fingerprint density at radius 2 is 1.53 bits per heavy atom. The first kappa shape index (κ1) is 35.1. The second-order valence-electron chi connectivity index (χ2n) is 11.4. The summed E-state index contributed by atoms with van der Waals surface area (Å²) >= 11 is 0. The maximum atomic E-state index is 13.7. The quantitative estimate of drug-likeness (QED) is 0.182. The monoisotopic (exact) mass is 617 g/mol. The number of anilines is 1. The van der Waals surface area contributed by atoms with Crippen LogP contribution in [0.5, 0.6) is 5.75 Å². The van der Waals surface area contributed by atoms with Crippen LogP contribution in [0.2, 0.25) is 0 Å². The van der Waals surface area contributed by atoms with Gasteiger partial charge in [-0.1, -0.05) is 38.1 Å². The predicted molar refractivity (Wildman–Crippen MR) is 178 cm³/mol. The molecule has 0 aliphatic heterocycles. The highest BCUT2D eigenvalue weighted by atomic mass is 16.5. The van der Waals surface area contributed by atoms with E-state index in [1.54, 1.807) is 12.0 Å². The summed E-state index contributed by atoms with van der Waals surface area (Å²) in [5.41, 5.74) is 8.94. The minimum absolute atomic E-state index is 0.0651. The van der Waals surface area contributed by atoms with E-state index in [0.717, 1.165) is 35.4 Å². The number of aliphatic hydroxyl groups excluding tert-OH is 1. The molecule has 2 unspecified atom stereocenters. The first-order valence-electron chi connectivity index (χ1n) is 15.4. The topological polar surface area (TPSA) is 137 Å². The molecule has 0 heterocycles. The minimum Gasteiger partial charge on any atom is -0.497 e. The summed E-state index contributed by atoms with van der Waals surface area (Å²) < 4.78 is 5.30. The Morgan fingerprint density at radius 3 is 2.13 bits per heavy atom. The smallest absolute Gasteiger partial charge is 0.253 e. The lowest BCUT2D eigenvalue weighted by molar-refractivity contribution is 0.0755. The Morgan fingerprint density at radius 1 is 0.889 bits per heavy atom. The van der Waals surface area contributed by atoms with Gasteiger partial charge in [-0.25, -0.2) is 0 Å². The molecule has 0 fully saturated rings. The molecule has 242 valence electrons. The highest BCUT2D eigenvalue weighted by molar-refractivity contribution is 6.04. The van der Waals surface area contributed by atoms with E-state index in [0.29, 0.717) is 26.1 Å². The van der Waals surface area contributed by atoms with E-state index < -0.39 is 24.0 Å². The van der Waals surface area contributed by atoms with Crippen molar-refractivity contribution in [1.29, 1.82) is 0 Å². The van der Waals surface area contributed by atoms with E-state index in [4.69, 9.17) is 10.5 Å². The van der Waals surface area contributed by atoms with Crippen molar-refractivity contribution < 1.29 is 24.2 Å². The number of nitrogens with one attached hydrogen (secondary N) is 2. The lowest BCUT2D eigenvalue weighted by atomic mass is 9.99. The van der Waals surface area contributed by atoms with Gasteiger partial charge in [0.05, 0.1) is 19.3 Å². The normalized spacial score (nSPS) is 12.2. The number of nitrogens with zero attached hydrogens (tertiary/aromatic N) is 2. The van der Waals surface area contributed by atoms with Gasteiger partial charge in [0.25, 0.3) is 11.8 Å². The molecule has 5 N–H and O–H groups in total. The largest absolute Gasteiger partial charge is 0.497 e. The second kappa shape index (κ2) is 17.2. The maximum Gasteiger partial charge on any atom is 0.253 e. The molecule has 0 bridgehead atoms. The number of benzene rings is 3. The number of aliphatic hydroxyl groups is 1. The van der Waals surface area contributed by atoms with E-state index in [1.165, 1.54) is 18.2 Å². The van der Waals surface area contributed by atoms with Crippen LogP contribution in [0.3, 0.4) is 0 Å². The van der Waals surface area contributed by atoms with E-state index in [1.807, 2.05) is 81.4 Å². The van der Waals surface area contributed by atoms with Gasteiger partial charge in [0, 0.05) is 62.7 Å². The van der Waals surface area contributed by atoms with Crippen LogP contribution in [-0.2, 0) is 13.0 Å². The molecule has 10 nitrogen and oxygen atoms in total. The van der Waals surface area contributed by atoms with Gasteiger partial charge in [-0.2, -0.15) is 0 Å². The Balaban J connectivity index is 1.86. The first-order valence-corrected chi connectivity index (χ1v) is 15.4. The van der Waals surface area contributed by atoms with Gasteiger partial charge < -0.3 is 36.0 Å². The fourth-order valence-corrected chi connectivity index (χ4v) is 5.07. The highest BCUT2D eigenvalue weighted by Crippen LogP contribution is 2.18. The molecule has 3 rings (SSSR count). The lowest BCUT2D eigenvalue weighted by Crippen LogP contribution is -2.48. The van der Waals surface area contributed by atoms with Gasteiger partial charge in [0.1, 0.15) is 5.75 Å². The van der Waals surface area contributed by atoms with Crippen molar-refractivity contribution >= 4 is 23.4 Å². The number of rotatable bonds is 17. The number of methoxy groups -OCH3 is 1. The van der Waals surface area contributed by atoms with Crippen molar-refractivity contribution in [3.05, 3.63) is 94.5 Å². The van der Waals surface area contributed by atoms with E-state index in [2.05, 4.69) is 10.6 Å². The molecule has 3 aromatic rings. The van der Waals surface area contributed by atoms with Crippen LogP contribution in [0, 0.1) is 0 Å². The molecule has 0 aliphatic rings. The Hall–Kier alpha value is -4.41. The summed E-state index contributed by atoms with van der Waals surface area (Å²) in [5, 5.41) is 17.5. The lowest BCUT2D eigenvalue weighted by Gasteiger charge is -2.26. The third kappa shape index (κ3) is 10.3. The van der Waals surface area contributed by atoms with Crippen LogP contribution in [0.25, 0.3) is 0 Å². The molecule has 0 aliphatic carbocycles. The zero-order valence-corrected chi connectivity index (χ0v) is 27.0. The molecule has 45 heavy (non-hydrogen) atoms. The number of ether oxygens (including phenoxy) is 1. The Labute approximate surface area is 266 Å². The number of amides is 3. The number of hydrogen-bond donors (Lipinski definition) is 4. The number of carbonyl (C=O) groups excluding carboxylic acids is 3. The van der Waals surface area contributed by atoms with Crippen LogP contribution < -0.4 is 26.0 Å². The Bertz CT molecular complexity index is 1420. The summed E-state index contributed by atoms with van der Waals surface area (Å²) in [6, 6.07) is 19.1. The fraction of sp³-hybridized carbons (Fsp3) is 0.400. The summed E-state index contributed by atoms with van der Waals surface area (Å²) in [7, 11) is 5.52. The van der Waals surface area contributed by atoms with Crippen LogP contribution in [0.1, 0.15) is 68.9 Å². The number of nitrogens with two attached hydrogens (primary N) is 1. The third-order valence-corrected chi connectivity index (χ3v) is 7.51. The third-order valence-electron chi connectivity index (χ3n) is 7.51. The molecule has 10 heteroatoms. The van der Waals surface area contributed by atoms with Gasteiger partial charge in [0.15, 0.2) is 0 Å². The van der Waals surface area contributed by atoms with Gasteiger partial charge in [0.2, 0.25) is 5.91 Å². The van der Waals surface area contributed by atoms with Crippen LogP contribution >= 0.6 is 0 Å². The number of hydrogen-bond acceptors (Lipinski definition) is 7. The molecule has 2 atom stereocenters. The summed E-state index contributed by atoms with van der Waals surface area (Å²) in [5.74, 6) is -0.790. The molecule has 0 saturated heterocycles. The average molecular weight is 618 g/mol. The van der Waals surface area contributed by atoms with Crippen molar-refractivity contribution in [3.8, 4) is 5.75 Å². The van der Waals surface area contributed by atoms with Gasteiger partial charge in [-0.05, 0) is 72.9 Å². The number of primary amides is 1. The standard InChI is InChI=1S/C35H47N5O5/c1-6-15-40(16-7-2)35(44)28-20-26(33(36)42)19-27(21-28)34(43)38-31(18-24-11-13-29(14-12-24)39(3)4)32(41)23-37-22-25-9-8-10-30(17-25)45-5/h8-14,17,19-21,31-32,37,41H,6-7,15-16,18,22-23H2,1-5H3,(H2,36,42)(H,38,43). The van der Waals surface area contributed by atoms with Gasteiger partial charge >= 0.3 is 0 Å². The summed E-state index contributed by atoms with van der Waals surface area (Å²) in [6.45, 7) is 5.77. The molecule has 0 spiro atoms. The van der Waals surface area contributed by atoms with Crippen molar-refractivity contribution in [2.75, 3.05) is 45.7 Å². The predicted octanol–water partition coefficient (Wildman–Crippen LogP) is 3.61. The van der Waals surface area contributed by atoms with Gasteiger partial charge in [-0.3, -0.25) is 14.4 Å². The van der Waals surface area contributed by atoms with Gasteiger partial charge in [-0.15, -0.1) is 0 Å². The minimum atomic E-state index is -0.960. The SMILES string of the molecule is CCCN(CCC)C(=O)c1cc(C(N)=O)cc(C(=O)NC(Cc2ccc(N(C)C)cc2)C(O)CNCc2cccc(OC)c2)c1. The van der Waals surface area contributed by atoms with Crippen LogP contribution in [0.4, 0.5) is 5.69 Å².